The number of nitrogens with two attached hydrogens (primary N) is 2. The second-order valence-corrected chi connectivity index (χ2v) is 6.61. The van der Waals surface area contributed by atoms with Crippen molar-refractivity contribution in [2.75, 3.05) is 24.7 Å². The van der Waals surface area contributed by atoms with Gasteiger partial charge in [0.05, 0.1) is 29.9 Å². The van der Waals surface area contributed by atoms with Gasteiger partial charge in [-0.2, -0.15) is 0 Å². The Morgan fingerprint density at radius 3 is 2.70 bits per heavy atom. The van der Waals surface area contributed by atoms with Crippen molar-refractivity contribution >= 4 is 28.6 Å². The number of rotatable bonds is 3. The predicted octanol–water partition coefficient (Wildman–Crippen LogP) is 2.31. The molecule has 8 heteroatoms. The highest BCUT2D eigenvalue weighted by Crippen LogP contribution is 2.37. The maximum Gasteiger partial charge on any atom is 0.272 e. The van der Waals surface area contributed by atoms with E-state index < -0.39 is 11.4 Å². The molecule has 4 rings (SSSR count). The molecular formula is C19H18FN5O2. The Hall–Kier alpha value is -3.26. The first-order valence-electron chi connectivity index (χ1n) is 8.41. The quantitative estimate of drug-likeness (QED) is 0.417. The molecule has 1 aliphatic rings. The molecule has 1 saturated heterocycles. The van der Waals surface area contributed by atoms with Crippen LogP contribution in [0.15, 0.2) is 23.1 Å². The molecule has 2 aromatic heterocycles. The van der Waals surface area contributed by atoms with Crippen molar-refractivity contribution in [1.29, 1.82) is 5.41 Å². The second-order valence-electron chi connectivity index (χ2n) is 6.61. The van der Waals surface area contributed by atoms with Crippen LogP contribution in [0.4, 0.5) is 15.8 Å². The molecule has 3 aromatic rings. The highest BCUT2D eigenvalue weighted by molar-refractivity contribution is 6.05. The summed E-state index contributed by atoms with van der Waals surface area (Å²) in [5.41, 5.74) is 15.0. The molecular weight excluding hydrogens is 349 g/mol. The van der Waals surface area contributed by atoms with Crippen LogP contribution in [-0.2, 0) is 4.74 Å². The van der Waals surface area contributed by atoms with Crippen molar-refractivity contribution in [2.45, 2.75) is 12.8 Å². The Labute approximate surface area is 153 Å². The summed E-state index contributed by atoms with van der Waals surface area (Å²) in [6, 6.07) is 2.65. The summed E-state index contributed by atoms with van der Waals surface area (Å²) >= 11 is 0. The van der Waals surface area contributed by atoms with E-state index in [9.17, 15) is 9.18 Å². The van der Waals surface area contributed by atoms with E-state index in [2.05, 4.69) is 9.97 Å². The van der Waals surface area contributed by atoms with Gasteiger partial charge in [-0.25, -0.2) is 4.39 Å². The normalized spacial score (nSPS) is 14.3. The summed E-state index contributed by atoms with van der Waals surface area (Å²) < 4.78 is 19.1. The molecule has 0 aliphatic carbocycles. The van der Waals surface area contributed by atoms with Gasteiger partial charge >= 0.3 is 0 Å². The minimum absolute atomic E-state index is 0.0526. The van der Waals surface area contributed by atoms with E-state index in [1.54, 1.807) is 6.20 Å². The zero-order valence-electron chi connectivity index (χ0n) is 14.6. The van der Waals surface area contributed by atoms with Gasteiger partial charge in [0.25, 0.3) is 5.56 Å². The van der Waals surface area contributed by atoms with Crippen LogP contribution < -0.4 is 17.0 Å². The van der Waals surface area contributed by atoms with E-state index >= 15 is 0 Å². The molecule has 0 radical (unpaired) electrons. The average Bonchev–Trinajstić information content (AvgIpc) is 2.60. The first kappa shape index (κ1) is 17.2. The molecule has 0 amide bonds. The van der Waals surface area contributed by atoms with Gasteiger partial charge in [0.15, 0.2) is 0 Å². The van der Waals surface area contributed by atoms with Crippen LogP contribution in [0.2, 0.25) is 0 Å². The SMILES string of the molecule is Cc1c(C2COC2)cnc2c(-c3ccc(F)c(N)c3C=N)c(N)c(=O)[nH]c12. The van der Waals surface area contributed by atoms with Gasteiger partial charge in [-0.1, -0.05) is 6.07 Å². The number of hydrogen-bond acceptors (Lipinski definition) is 6. The molecule has 27 heavy (non-hydrogen) atoms. The smallest absolute Gasteiger partial charge is 0.272 e. The third-order valence-corrected chi connectivity index (χ3v) is 5.09. The number of fused-ring (bicyclic) bond motifs is 1. The molecule has 7 nitrogen and oxygen atoms in total. The Bertz CT molecular complexity index is 1150. The monoisotopic (exact) mass is 367 g/mol. The fraction of sp³-hybridized carbons (Fsp3) is 0.211. The van der Waals surface area contributed by atoms with Crippen molar-refractivity contribution in [3.63, 3.8) is 0 Å². The van der Waals surface area contributed by atoms with E-state index in [1.165, 1.54) is 12.1 Å². The van der Waals surface area contributed by atoms with Gasteiger partial charge in [0.1, 0.15) is 11.5 Å². The van der Waals surface area contributed by atoms with Gasteiger partial charge in [0.2, 0.25) is 0 Å². The van der Waals surface area contributed by atoms with Crippen LogP contribution in [-0.4, -0.2) is 29.4 Å². The number of nitrogen functional groups attached to an aromatic ring is 2. The number of nitrogens with one attached hydrogen (secondary N) is 2. The first-order chi connectivity index (χ1) is 12.9. The number of ether oxygens (including phenoxy) is 1. The van der Waals surface area contributed by atoms with Gasteiger partial charge in [-0.15, -0.1) is 0 Å². The zero-order valence-corrected chi connectivity index (χ0v) is 14.6. The number of H-pyrrole nitrogens is 1. The van der Waals surface area contributed by atoms with Crippen molar-refractivity contribution in [3.05, 3.63) is 51.2 Å². The Balaban J connectivity index is 2.08. The number of halogens is 1. The minimum Gasteiger partial charge on any atom is -0.396 e. The summed E-state index contributed by atoms with van der Waals surface area (Å²) in [4.78, 5) is 19.8. The zero-order chi connectivity index (χ0) is 19.3. The number of aryl methyl sites for hydroxylation is 1. The summed E-state index contributed by atoms with van der Waals surface area (Å²) in [6.07, 6.45) is 2.70. The largest absolute Gasteiger partial charge is 0.396 e. The van der Waals surface area contributed by atoms with Gasteiger partial charge in [0, 0.05) is 29.5 Å². The summed E-state index contributed by atoms with van der Waals surface area (Å²) in [6.45, 7) is 3.14. The van der Waals surface area contributed by atoms with E-state index in [1.807, 2.05) is 6.92 Å². The fourth-order valence-corrected chi connectivity index (χ4v) is 3.46. The Morgan fingerprint density at radius 2 is 2.07 bits per heavy atom. The highest BCUT2D eigenvalue weighted by atomic mass is 19.1. The molecule has 0 unspecified atom stereocenters. The standard InChI is InChI=1S/C19H18FN5O2/c1-8-12(9-6-27-7-9)5-24-18-14(16(23)19(26)25-17(8)18)10-2-3-13(20)15(22)11(10)4-21/h2-5,9,21H,6-7,22-23H2,1H3,(H,25,26). The lowest BCUT2D eigenvalue weighted by Gasteiger charge is -2.28. The van der Waals surface area contributed by atoms with Crippen LogP contribution in [0.5, 0.6) is 0 Å². The molecule has 0 saturated carbocycles. The molecule has 0 bridgehead atoms. The molecule has 0 atom stereocenters. The molecule has 3 heterocycles. The van der Waals surface area contributed by atoms with E-state index in [-0.39, 0.29) is 22.9 Å². The Kier molecular flexibility index (Phi) is 3.92. The first-order valence-corrected chi connectivity index (χ1v) is 8.41. The predicted molar refractivity (Wildman–Crippen MR) is 103 cm³/mol. The van der Waals surface area contributed by atoms with E-state index in [0.29, 0.717) is 35.4 Å². The van der Waals surface area contributed by atoms with E-state index in [4.69, 9.17) is 21.6 Å². The molecule has 1 fully saturated rings. The fourth-order valence-electron chi connectivity index (χ4n) is 3.46. The van der Waals surface area contributed by atoms with E-state index in [0.717, 1.165) is 17.3 Å². The van der Waals surface area contributed by atoms with Crippen molar-refractivity contribution < 1.29 is 9.13 Å². The van der Waals surface area contributed by atoms with Crippen molar-refractivity contribution in [2.24, 2.45) is 0 Å². The number of nitrogens with zero attached hydrogens (tertiary/aromatic N) is 1. The van der Waals surface area contributed by atoms with Crippen LogP contribution in [0.3, 0.4) is 0 Å². The van der Waals surface area contributed by atoms with Crippen LogP contribution in [0.25, 0.3) is 22.2 Å². The third kappa shape index (κ3) is 2.48. The van der Waals surface area contributed by atoms with Crippen LogP contribution in [0.1, 0.15) is 22.6 Å². The number of aromatic nitrogens is 2. The number of pyridine rings is 2. The summed E-state index contributed by atoms with van der Waals surface area (Å²) in [7, 11) is 0. The number of anilines is 2. The Morgan fingerprint density at radius 1 is 1.33 bits per heavy atom. The number of benzene rings is 1. The summed E-state index contributed by atoms with van der Waals surface area (Å²) in [5.74, 6) is -0.397. The van der Waals surface area contributed by atoms with Crippen LogP contribution in [0, 0.1) is 18.2 Å². The lowest BCUT2D eigenvalue weighted by molar-refractivity contribution is 0.00810. The van der Waals surface area contributed by atoms with Crippen molar-refractivity contribution in [1.82, 2.24) is 9.97 Å². The van der Waals surface area contributed by atoms with Gasteiger partial charge < -0.3 is 26.6 Å². The topological polar surface area (TPSA) is 131 Å². The molecule has 1 aromatic carbocycles. The van der Waals surface area contributed by atoms with Crippen molar-refractivity contribution in [3.8, 4) is 11.1 Å². The molecule has 138 valence electrons. The number of aromatic amines is 1. The number of hydrogen-bond donors (Lipinski definition) is 4. The molecule has 0 spiro atoms. The van der Waals surface area contributed by atoms with Gasteiger partial charge in [-0.3, -0.25) is 9.78 Å². The second kappa shape index (κ2) is 6.17. The lowest BCUT2D eigenvalue weighted by Crippen LogP contribution is -2.26. The molecule has 1 aliphatic heterocycles. The maximum atomic E-state index is 13.9. The summed E-state index contributed by atoms with van der Waals surface area (Å²) in [5, 5.41) is 7.64. The molecule has 6 N–H and O–H groups in total. The lowest BCUT2D eigenvalue weighted by atomic mass is 9.91. The third-order valence-electron chi connectivity index (χ3n) is 5.09. The van der Waals surface area contributed by atoms with Gasteiger partial charge in [-0.05, 0) is 29.7 Å². The van der Waals surface area contributed by atoms with Crippen LogP contribution >= 0.6 is 0 Å². The highest BCUT2D eigenvalue weighted by Gasteiger charge is 2.25. The minimum atomic E-state index is -0.638. The maximum absolute atomic E-state index is 13.9. The average molecular weight is 367 g/mol.